The number of fused-ring (bicyclic) bond motifs is 1. The van der Waals surface area contributed by atoms with Crippen LogP contribution in [0.5, 0.6) is 0 Å². The van der Waals surface area contributed by atoms with Crippen molar-refractivity contribution in [3.63, 3.8) is 0 Å². The molecule has 3 rings (SSSR count). The van der Waals surface area contributed by atoms with E-state index in [-0.39, 0.29) is 18.9 Å². The second-order valence-corrected chi connectivity index (χ2v) is 7.53. The van der Waals surface area contributed by atoms with Crippen molar-refractivity contribution in [1.29, 1.82) is 0 Å². The molecule has 0 bridgehead atoms. The van der Waals surface area contributed by atoms with Crippen molar-refractivity contribution in [2.45, 2.75) is 33.3 Å². The van der Waals surface area contributed by atoms with Gasteiger partial charge in [-0.25, -0.2) is 0 Å². The van der Waals surface area contributed by atoms with Gasteiger partial charge in [0.05, 0.1) is 6.42 Å². The fraction of sp³-hybridized carbons (Fsp3) is 0.240. The van der Waals surface area contributed by atoms with E-state index in [1.54, 1.807) is 0 Å². The van der Waals surface area contributed by atoms with Gasteiger partial charge in [0.25, 0.3) is 5.91 Å². The summed E-state index contributed by atoms with van der Waals surface area (Å²) >= 11 is 0. The summed E-state index contributed by atoms with van der Waals surface area (Å²) in [5.74, 6) is -1.39. The lowest BCUT2D eigenvalue weighted by atomic mass is 10.0. The Bertz CT molecular complexity index is 1120. The molecule has 0 spiro atoms. The first-order chi connectivity index (χ1) is 14.8. The van der Waals surface area contributed by atoms with Crippen molar-refractivity contribution < 1.29 is 19.1 Å². The normalized spacial score (nSPS) is 11.6. The van der Waals surface area contributed by atoms with Gasteiger partial charge in [-0.1, -0.05) is 54.6 Å². The van der Waals surface area contributed by atoms with Gasteiger partial charge in [-0.05, 0) is 54.3 Å². The fourth-order valence-electron chi connectivity index (χ4n) is 3.25. The number of carbonyl (C=O) groups excluding carboxylic acids is 3. The third-order valence-electron chi connectivity index (χ3n) is 4.99. The molecule has 3 aromatic carbocycles. The van der Waals surface area contributed by atoms with Crippen LogP contribution in [0.2, 0.25) is 0 Å². The van der Waals surface area contributed by atoms with Gasteiger partial charge in [0.1, 0.15) is 6.54 Å². The molecule has 6 nitrogen and oxygen atoms in total. The molecule has 2 amide bonds. The highest BCUT2D eigenvalue weighted by Crippen LogP contribution is 2.19. The molecule has 1 atom stereocenters. The van der Waals surface area contributed by atoms with E-state index in [0.29, 0.717) is 5.69 Å². The second-order valence-electron chi connectivity index (χ2n) is 7.53. The summed E-state index contributed by atoms with van der Waals surface area (Å²) in [5.41, 5.74) is 3.49. The number of carbonyl (C=O) groups is 3. The van der Waals surface area contributed by atoms with Crippen LogP contribution in [-0.2, 0) is 25.5 Å². The van der Waals surface area contributed by atoms with Crippen LogP contribution in [-0.4, -0.2) is 30.4 Å². The Morgan fingerprint density at radius 2 is 1.71 bits per heavy atom. The lowest BCUT2D eigenvalue weighted by molar-refractivity contribution is -0.152. The molecule has 0 heterocycles. The highest BCUT2D eigenvalue weighted by Gasteiger charge is 2.19. The van der Waals surface area contributed by atoms with E-state index in [1.165, 1.54) is 6.92 Å². The summed E-state index contributed by atoms with van der Waals surface area (Å²) in [6, 6.07) is 19.3. The first-order valence-corrected chi connectivity index (χ1v) is 10.1. The molecule has 0 aliphatic carbocycles. The molecular weight excluding hydrogens is 392 g/mol. The van der Waals surface area contributed by atoms with Crippen LogP contribution >= 0.6 is 0 Å². The van der Waals surface area contributed by atoms with E-state index in [1.807, 2.05) is 74.5 Å². The molecule has 0 saturated carbocycles. The van der Waals surface area contributed by atoms with Crippen LogP contribution in [0.15, 0.2) is 60.7 Å². The third kappa shape index (κ3) is 5.92. The molecule has 0 aromatic heterocycles. The van der Waals surface area contributed by atoms with Crippen LogP contribution in [0.4, 0.5) is 5.69 Å². The number of hydrogen-bond acceptors (Lipinski definition) is 4. The smallest absolute Gasteiger partial charge is 0.326 e. The lowest BCUT2D eigenvalue weighted by Gasteiger charge is -2.15. The zero-order valence-electron chi connectivity index (χ0n) is 17.9. The minimum atomic E-state index is -0.984. The van der Waals surface area contributed by atoms with E-state index in [0.717, 1.165) is 27.5 Å². The largest absolute Gasteiger partial charge is 0.451 e. The zero-order valence-corrected chi connectivity index (χ0v) is 17.9. The summed E-state index contributed by atoms with van der Waals surface area (Å²) in [4.78, 5) is 36.7. The third-order valence-corrected chi connectivity index (χ3v) is 4.99. The molecule has 0 radical (unpaired) electrons. The predicted octanol–water partition coefficient (Wildman–Crippen LogP) is 3.69. The van der Waals surface area contributed by atoms with Crippen molar-refractivity contribution in [3.05, 3.63) is 77.4 Å². The van der Waals surface area contributed by atoms with Gasteiger partial charge in [0.2, 0.25) is 5.91 Å². The van der Waals surface area contributed by atoms with Gasteiger partial charge in [-0.2, -0.15) is 0 Å². The summed E-state index contributed by atoms with van der Waals surface area (Å²) in [6.07, 6.45) is -0.834. The van der Waals surface area contributed by atoms with Gasteiger partial charge >= 0.3 is 5.97 Å². The minimum Gasteiger partial charge on any atom is -0.451 e. The number of esters is 1. The van der Waals surface area contributed by atoms with Crippen molar-refractivity contribution in [2.24, 2.45) is 0 Å². The number of aryl methyl sites for hydroxylation is 2. The Balaban J connectivity index is 1.49. The van der Waals surface area contributed by atoms with Crippen LogP contribution < -0.4 is 10.6 Å². The van der Waals surface area contributed by atoms with Crippen molar-refractivity contribution in [1.82, 2.24) is 5.32 Å². The van der Waals surface area contributed by atoms with Gasteiger partial charge in [0, 0.05) is 5.69 Å². The Kier molecular flexibility index (Phi) is 7.03. The Labute approximate surface area is 181 Å². The first-order valence-electron chi connectivity index (χ1n) is 10.1. The average Bonchev–Trinajstić information content (AvgIpc) is 2.75. The maximum atomic E-state index is 12.3. The zero-order chi connectivity index (χ0) is 22.4. The van der Waals surface area contributed by atoms with Crippen LogP contribution in [0.1, 0.15) is 23.6 Å². The van der Waals surface area contributed by atoms with Crippen molar-refractivity contribution in [2.75, 3.05) is 11.9 Å². The topological polar surface area (TPSA) is 84.5 Å². The lowest BCUT2D eigenvalue weighted by Crippen LogP contribution is -2.36. The Morgan fingerprint density at radius 3 is 2.52 bits per heavy atom. The number of anilines is 1. The summed E-state index contributed by atoms with van der Waals surface area (Å²) < 4.78 is 5.16. The molecule has 31 heavy (non-hydrogen) atoms. The van der Waals surface area contributed by atoms with Crippen molar-refractivity contribution in [3.8, 4) is 0 Å². The minimum absolute atomic E-state index is 0.150. The van der Waals surface area contributed by atoms with E-state index in [2.05, 4.69) is 10.6 Å². The van der Waals surface area contributed by atoms with E-state index in [9.17, 15) is 14.4 Å². The summed E-state index contributed by atoms with van der Waals surface area (Å²) in [7, 11) is 0. The average molecular weight is 418 g/mol. The molecule has 0 aliphatic heterocycles. The summed E-state index contributed by atoms with van der Waals surface area (Å²) in [5, 5.41) is 7.38. The fourth-order valence-corrected chi connectivity index (χ4v) is 3.25. The standard InChI is InChI=1S/C25H26N2O4/c1-16-11-12-17(2)22(13-16)27-25(30)18(3)31-24(29)15-26-23(28)14-20-9-6-8-19-7-4-5-10-21(19)20/h4-13,18H,14-15H2,1-3H3,(H,26,28)(H,27,30)/t18-/m0/s1. The van der Waals surface area contributed by atoms with E-state index < -0.39 is 18.0 Å². The quantitative estimate of drug-likeness (QED) is 0.573. The summed E-state index contributed by atoms with van der Waals surface area (Å²) in [6.45, 7) is 5.01. The molecule has 3 aromatic rings. The number of nitrogens with one attached hydrogen (secondary N) is 2. The molecule has 2 N–H and O–H groups in total. The molecule has 0 aliphatic rings. The van der Waals surface area contributed by atoms with E-state index >= 15 is 0 Å². The first kappa shape index (κ1) is 22.0. The van der Waals surface area contributed by atoms with Gasteiger partial charge in [0.15, 0.2) is 6.10 Å². The number of ether oxygens (including phenoxy) is 1. The van der Waals surface area contributed by atoms with E-state index in [4.69, 9.17) is 4.74 Å². The second kappa shape index (κ2) is 9.89. The maximum absolute atomic E-state index is 12.3. The molecule has 6 heteroatoms. The van der Waals surface area contributed by atoms with Crippen LogP contribution in [0.25, 0.3) is 10.8 Å². The highest BCUT2D eigenvalue weighted by atomic mass is 16.5. The van der Waals surface area contributed by atoms with Gasteiger partial charge < -0.3 is 15.4 Å². The molecular formula is C25H26N2O4. The number of hydrogen-bond donors (Lipinski definition) is 2. The highest BCUT2D eigenvalue weighted by molar-refractivity contribution is 5.96. The Morgan fingerprint density at radius 1 is 0.968 bits per heavy atom. The monoisotopic (exact) mass is 418 g/mol. The maximum Gasteiger partial charge on any atom is 0.326 e. The SMILES string of the molecule is Cc1ccc(C)c(NC(=O)[C@H](C)OC(=O)CNC(=O)Cc2cccc3ccccc23)c1. The molecule has 160 valence electrons. The number of amides is 2. The van der Waals surface area contributed by atoms with Gasteiger partial charge in [-0.15, -0.1) is 0 Å². The molecule has 0 fully saturated rings. The van der Waals surface area contributed by atoms with Crippen molar-refractivity contribution >= 4 is 34.2 Å². The number of rotatable bonds is 7. The van der Waals surface area contributed by atoms with Crippen LogP contribution in [0.3, 0.4) is 0 Å². The predicted molar refractivity (Wildman–Crippen MR) is 121 cm³/mol. The van der Waals surface area contributed by atoms with Gasteiger partial charge in [-0.3, -0.25) is 14.4 Å². The molecule has 0 saturated heterocycles. The number of benzene rings is 3. The van der Waals surface area contributed by atoms with Crippen LogP contribution in [0, 0.1) is 13.8 Å². The Hall–Kier alpha value is -3.67. The molecule has 0 unspecified atom stereocenters.